The summed E-state index contributed by atoms with van der Waals surface area (Å²) in [5, 5.41) is 12.2. The largest absolute Gasteiger partial charge is 0.504 e. The molecule has 2 aromatic carbocycles. The molecule has 0 saturated heterocycles. The highest BCUT2D eigenvalue weighted by atomic mass is 16.5. The predicted octanol–water partition coefficient (Wildman–Crippen LogP) is 3.08. The van der Waals surface area contributed by atoms with E-state index in [1.54, 1.807) is 27.4 Å². The average Bonchev–Trinajstić information content (AvgIpc) is 2.66. The fourth-order valence-electron chi connectivity index (χ4n) is 3.51. The van der Waals surface area contributed by atoms with E-state index in [-0.39, 0.29) is 5.75 Å². The minimum Gasteiger partial charge on any atom is -0.504 e. The summed E-state index contributed by atoms with van der Waals surface area (Å²) in [6.07, 6.45) is 2.88. The molecule has 0 aliphatic carbocycles. The molecule has 0 atom stereocenters. The van der Waals surface area contributed by atoms with E-state index in [9.17, 15) is 5.11 Å². The van der Waals surface area contributed by atoms with Gasteiger partial charge >= 0.3 is 0 Å². The Bertz CT molecular complexity index is 981. The zero-order chi connectivity index (χ0) is 17.6. The van der Waals surface area contributed by atoms with Crippen LogP contribution in [0.2, 0.25) is 0 Å². The highest BCUT2D eigenvalue weighted by Gasteiger charge is 2.26. The van der Waals surface area contributed by atoms with Crippen molar-refractivity contribution < 1.29 is 23.9 Å². The number of nitrogens with zero attached hydrogens (tertiary/aromatic N) is 1. The van der Waals surface area contributed by atoms with E-state index < -0.39 is 0 Å². The van der Waals surface area contributed by atoms with Crippen molar-refractivity contribution in [3.63, 3.8) is 0 Å². The average molecular weight is 338 g/mol. The number of phenols is 1. The van der Waals surface area contributed by atoms with Crippen LogP contribution in [-0.2, 0) is 13.0 Å². The Hall–Kier alpha value is -2.95. The highest BCUT2D eigenvalue weighted by Crippen LogP contribution is 2.39. The second-order valence-electron chi connectivity index (χ2n) is 6.09. The van der Waals surface area contributed by atoms with E-state index in [0.717, 1.165) is 40.7 Å². The zero-order valence-corrected chi connectivity index (χ0v) is 14.5. The number of aromatic nitrogens is 1. The molecule has 1 aliphatic heterocycles. The van der Waals surface area contributed by atoms with Crippen LogP contribution >= 0.6 is 0 Å². The summed E-state index contributed by atoms with van der Waals surface area (Å²) < 4.78 is 18.3. The van der Waals surface area contributed by atoms with E-state index in [0.29, 0.717) is 11.5 Å². The number of hydrogen-bond donors (Lipinski definition) is 1. The van der Waals surface area contributed by atoms with Gasteiger partial charge in [-0.05, 0) is 35.2 Å². The van der Waals surface area contributed by atoms with E-state index >= 15 is 0 Å². The fourth-order valence-corrected chi connectivity index (χ4v) is 3.51. The number of ether oxygens (including phenoxy) is 3. The molecule has 0 unspecified atom stereocenters. The van der Waals surface area contributed by atoms with Crippen molar-refractivity contribution in [2.45, 2.75) is 13.0 Å². The van der Waals surface area contributed by atoms with Crippen LogP contribution in [0.1, 0.15) is 5.56 Å². The van der Waals surface area contributed by atoms with Crippen molar-refractivity contribution in [2.24, 2.45) is 0 Å². The molecule has 25 heavy (non-hydrogen) atoms. The Morgan fingerprint density at radius 3 is 2.36 bits per heavy atom. The number of benzene rings is 2. The lowest BCUT2D eigenvalue weighted by molar-refractivity contribution is -0.686. The number of fused-ring (bicyclic) bond motifs is 4. The van der Waals surface area contributed by atoms with Crippen molar-refractivity contribution in [2.75, 3.05) is 21.3 Å². The predicted molar refractivity (Wildman–Crippen MR) is 94.6 cm³/mol. The normalized spacial score (nSPS) is 12.4. The molecule has 0 saturated carbocycles. The van der Waals surface area contributed by atoms with Crippen LogP contribution in [0.5, 0.6) is 23.0 Å². The molecular weight excluding hydrogens is 318 g/mol. The Kier molecular flexibility index (Phi) is 3.64. The van der Waals surface area contributed by atoms with E-state index in [4.69, 9.17) is 14.2 Å². The molecule has 0 radical (unpaired) electrons. The third-order valence-corrected chi connectivity index (χ3v) is 4.83. The van der Waals surface area contributed by atoms with Crippen LogP contribution in [0.15, 0.2) is 36.5 Å². The molecule has 5 heteroatoms. The van der Waals surface area contributed by atoms with Crippen LogP contribution < -0.4 is 18.8 Å². The highest BCUT2D eigenvalue weighted by molar-refractivity contribution is 5.91. The van der Waals surface area contributed by atoms with Gasteiger partial charge in [-0.3, -0.25) is 0 Å². The van der Waals surface area contributed by atoms with Crippen LogP contribution in [0.3, 0.4) is 0 Å². The molecule has 5 nitrogen and oxygen atoms in total. The Morgan fingerprint density at radius 2 is 1.64 bits per heavy atom. The van der Waals surface area contributed by atoms with Gasteiger partial charge in [0.05, 0.1) is 32.3 Å². The summed E-state index contributed by atoms with van der Waals surface area (Å²) in [5.74, 6) is 2.12. The van der Waals surface area contributed by atoms with Gasteiger partial charge < -0.3 is 19.3 Å². The number of hydrogen-bond acceptors (Lipinski definition) is 4. The van der Waals surface area contributed by atoms with Gasteiger partial charge in [-0.2, -0.15) is 4.57 Å². The smallest absolute Gasteiger partial charge is 0.213 e. The molecule has 0 spiro atoms. The lowest BCUT2D eigenvalue weighted by Gasteiger charge is -2.18. The molecule has 3 aromatic rings. The summed E-state index contributed by atoms with van der Waals surface area (Å²) in [6, 6.07) is 9.91. The van der Waals surface area contributed by atoms with Gasteiger partial charge in [0, 0.05) is 12.5 Å². The number of pyridine rings is 1. The first kappa shape index (κ1) is 15.6. The SMILES string of the molecule is COc1cc2c(cc1OC)-c1cc3ccc(OC)c(O)c3c[n+]1CC2. The van der Waals surface area contributed by atoms with E-state index in [1.807, 2.05) is 24.4 Å². The summed E-state index contributed by atoms with van der Waals surface area (Å²) in [6.45, 7) is 0.838. The molecule has 1 N–H and O–H groups in total. The van der Waals surface area contributed by atoms with Crippen molar-refractivity contribution >= 4 is 10.8 Å². The summed E-state index contributed by atoms with van der Waals surface area (Å²) in [7, 11) is 4.85. The first-order valence-electron chi connectivity index (χ1n) is 8.14. The summed E-state index contributed by atoms with van der Waals surface area (Å²) in [4.78, 5) is 0. The van der Waals surface area contributed by atoms with Gasteiger partial charge in [-0.15, -0.1) is 0 Å². The first-order chi connectivity index (χ1) is 12.2. The van der Waals surface area contributed by atoms with Gasteiger partial charge in [0.15, 0.2) is 35.7 Å². The second-order valence-corrected chi connectivity index (χ2v) is 6.09. The maximum atomic E-state index is 10.4. The summed E-state index contributed by atoms with van der Waals surface area (Å²) >= 11 is 0. The molecule has 2 heterocycles. The van der Waals surface area contributed by atoms with E-state index in [1.165, 1.54) is 5.56 Å². The number of rotatable bonds is 3. The number of aryl methyl sites for hydroxylation is 2. The van der Waals surface area contributed by atoms with Crippen molar-refractivity contribution in [1.82, 2.24) is 0 Å². The molecular formula is C20H20NO4+. The molecule has 128 valence electrons. The number of aromatic hydroxyl groups is 1. The lowest BCUT2D eigenvalue weighted by atomic mass is 9.95. The van der Waals surface area contributed by atoms with Crippen LogP contribution in [-0.4, -0.2) is 26.4 Å². The monoisotopic (exact) mass is 338 g/mol. The Labute approximate surface area is 146 Å². The summed E-state index contributed by atoms with van der Waals surface area (Å²) in [5.41, 5.74) is 3.45. The number of phenolic OH excluding ortho intramolecular Hbond substituents is 1. The Morgan fingerprint density at radius 1 is 0.920 bits per heavy atom. The minimum absolute atomic E-state index is 0.174. The van der Waals surface area contributed by atoms with Crippen molar-refractivity contribution in [3.05, 3.63) is 42.1 Å². The third-order valence-electron chi connectivity index (χ3n) is 4.83. The van der Waals surface area contributed by atoms with Crippen molar-refractivity contribution in [3.8, 4) is 34.3 Å². The van der Waals surface area contributed by atoms with Crippen LogP contribution in [0.25, 0.3) is 22.0 Å². The van der Waals surface area contributed by atoms with Crippen molar-refractivity contribution in [1.29, 1.82) is 0 Å². The fraction of sp³-hybridized carbons (Fsp3) is 0.250. The van der Waals surface area contributed by atoms with Gasteiger partial charge in [0.1, 0.15) is 0 Å². The second kappa shape index (κ2) is 5.84. The minimum atomic E-state index is 0.174. The topological polar surface area (TPSA) is 51.8 Å². The zero-order valence-electron chi connectivity index (χ0n) is 14.5. The van der Waals surface area contributed by atoms with Gasteiger partial charge in [0.2, 0.25) is 5.69 Å². The van der Waals surface area contributed by atoms with Gasteiger partial charge in [-0.25, -0.2) is 0 Å². The van der Waals surface area contributed by atoms with E-state index in [2.05, 4.69) is 10.6 Å². The molecule has 0 amide bonds. The molecule has 4 rings (SSSR count). The lowest BCUT2D eigenvalue weighted by Crippen LogP contribution is -2.40. The van der Waals surface area contributed by atoms with Crippen LogP contribution in [0, 0.1) is 0 Å². The first-order valence-corrected chi connectivity index (χ1v) is 8.14. The van der Waals surface area contributed by atoms with Crippen LogP contribution in [0.4, 0.5) is 0 Å². The quantitative estimate of drug-likeness (QED) is 0.746. The molecule has 0 bridgehead atoms. The van der Waals surface area contributed by atoms with Gasteiger partial charge in [0.25, 0.3) is 0 Å². The third kappa shape index (κ3) is 2.35. The number of methoxy groups -OCH3 is 3. The maximum absolute atomic E-state index is 10.4. The molecule has 0 fully saturated rings. The van der Waals surface area contributed by atoms with Gasteiger partial charge in [-0.1, -0.05) is 0 Å². The maximum Gasteiger partial charge on any atom is 0.213 e. The standard InChI is InChI=1S/C20H19NO4/c1-23-17-5-4-12-8-16-14-10-19(25-3)18(24-2)9-13(14)6-7-21(16)11-15(12)20(17)22/h4-5,8-11H,6-7H2,1-3H3/p+1. The molecule has 1 aromatic heterocycles. The Balaban J connectivity index is 1.96. The molecule has 1 aliphatic rings.